The molecule has 0 spiro atoms. The van der Waals surface area contributed by atoms with Gasteiger partial charge in [-0.25, -0.2) is 0 Å². The molecule has 32 heavy (non-hydrogen) atoms. The Morgan fingerprint density at radius 2 is 1.81 bits per heavy atom. The smallest absolute Gasteiger partial charge is 0.303 e. The minimum atomic E-state index is -0.790. The van der Waals surface area contributed by atoms with Crippen LogP contribution in [0.1, 0.15) is 56.9 Å². The van der Waals surface area contributed by atoms with Gasteiger partial charge in [0.05, 0.1) is 15.0 Å². The van der Waals surface area contributed by atoms with Crippen molar-refractivity contribution in [3.63, 3.8) is 0 Å². The van der Waals surface area contributed by atoms with E-state index in [0.29, 0.717) is 50.8 Å². The average Bonchev–Trinajstić information content (AvgIpc) is 3.00. The number of carbonyl (C=O) groups excluding carboxylic acids is 2. The first kappa shape index (κ1) is 26.6. The number of nitrogens with zero attached hydrogens (tertiary/aromatic N) is 1. The number of carboxylic acids is 1. The number of hydrogen-bond acceptors (Lipinski definition) is 5. The van der Waals surface area contributed by atoms with Crippen molar-refractivity contribution in [2.45, 2.75) is 51.4 Å². The van der Waals surface area contributed by atoms with Gasteiger partial charge in [0.25, 0.3) is 5.91 Å². The molecule has 1 aromatic carbocycles. The lowest BCUT2D eigenvalue weighted by Crippen LogP contribution is -2.29. The number of thioether (sulfide) groups is 1. The van der Waals surface area contributed by atoms with E-state index in [0.717, 1.165) is 32.1 Å². The van der Waals surface area contributed by atoms with Crippen LogP contribution >= 0.6 is 47.2 Å². The first-order valence-electron chi connectivity index (χ1n) is 10.5. The van der Waals surface area contributed by atoms with Gasteiger partial charge in [-0.2, -0.15) is 0 Å². The van der Waals surface area contributed by atoms with Gasteiger partial charge >= 0.3 is 5.97 Å². The molecule has 0 atom stereocenters. The van der Waals surface area contributed by atoms with Crippen molar-refractivity contribution in [3.05, 3.63) is 38.7 Å². The SMILES string of the molecule is O=C(O)CCCCCNC(=O)CCCCCN1C(=O)/C(=C/c2cccc(Cl)c2Cl)SC1=S. The van der Waals surface area contributed by atoms with Crippen LogP contribution in [0.4, 0.5) is 0 Å². The summed E-state index contributed by atoms with van der Waals surface area (Å²) in [6.07, 6.45) is 6.79. The molecule has 1 fully saturated rings. The molecule has 0 bridgehead atoms. The maximum absolute atomic E-state index is 12.7. The van der Waals surface area contributed by atoms with Crippen LogP contribution in [0.3, 0.4) is 0 Å². The second-order valence-electron chi connectivity index (χ2n) is 7.34. The van der Waals surface area contributed by atoms with Crippen LogP contribution in [0.5, 0.6) is 0 Å². The van der Waals surface area contributed by atoms with E-state index in [1.54, 1.807) is 29.2 Å². The Hall–Kier alpha value is -1.61. The van der Waals surface area contributed by atoms with Crippen LogP contribution < -0.4 is 5.32 Å². The van der Waals surface area contributed by atoms with E-state index < -0.39 is 5.97 Å². The van der Waals surface area contributed by atoms with E-state index in [2.05, 4.69) is 5.32 Å². The lowest BCUT2D eigenvalue weighted by molar-refractivity contribution is -0.137. The van der Waals surface area contributed by atoms with Gasteiger partial charge in [-0.1, -0.05) is 72.2 Å². The van der Waals surface area contributed by atoms with E-state index in [1.807, 2.05) is 0 Å². The molecule has 6 nitrogen and oxygen atoms in total. The maximum Gasteiger partial charge on any atom is 0.303 e. The van der Waals surface area contributed by atoms with E-state index in [1.165, 1.54) is 11.8 Å². The summed E-state index contributed by atoms with van der Waals surface area (Å²) in [5.41, 5.74) is 0.674. The van der Waals surface area contributed by atoms with E-state index >= 15 is 0 Å². The number of thiocarbonyl (C=S) groups is 1. The lowest BCUT2D eigenvalue weighted by Gasteiger charge is -2.14. The molecule has 2 amide bonds. The highest BCUT2D eigenvalue weighted by atomic mass is 35.5. The van der Waals surface area contributed by atoms with E-state index in [4.69, 9.17) is 40.5 Å². The number of aliphatic carboxylic acids is 1. The molecule has 0 aromatic heterocycles. The summed E-state index contributed by atoms with van der Waals surface area (Å²) in [7, 11) is 0. The Balaban J connectivity index is 1.66. The average molecular weight is 518 g/mol. The molecule has 1 aromatic rings. The molecule has 0 radical (unpaired) electrons. The summed E-state index contributed by atoms with van der Waals surface area (Å²) in [4.78, 5) is 37.1. The second-order valence-corrected chi connectivity index (χ2v) is 9.80. The summed E-state index contributed by atoms with van der Waals surface area (Å²) in [6.45, 7) is 1.08. The highest BCUT2D eigenvalue weighted by Crippen LogP contribution is 2.35. The van der Waals surface area contributed by atoms with Crippen molar-refractivity contribution >= 4 is 75.4 Å². The van der Waals surface area contributed by atoms with Crippen LogP contribution in [0, 0.1) is 0 Å². The molecule has 0 saturated carbocycles. The summed E-state index contributed by atoms with van der Waals surface area (Å²) in [5.74, 6) is -0.936. The number of carboxylic acid groups (broad SMARTS) is 1. The number of rotatable bonds is 13. The maximum atomic E-state index is 12.7. The first-order chi connectivity index (χ1) is 15.3. The molecule has 1 aliphatic heterocycles. The van der Waals surface area contributed by atoms with E-state index in [-0.39, 0.29) is 18.2 Å². The van der Waals surface area contributed by atoms with Crippen LogP contribution in [-0.4, -0.2) is 45.2 Å². The molecule has 10 heteroatoms. The van der Waals surface area contributed by atoms with Gasteiger partial charge in [-0.15, -0.1) is 0 Å². The summed E-state index contributed by atoms with van der Waals surface area (Å²) in [6, 6.07) is 5.26. The van der Waals surface area contributed by atoms with Crippen molar-refractivity contribution in [1.29, 1.82) is 0 Å². The highest BCUT2D eigenvalue weighted by Gasteiger charge is 2.31. The molecule has 0 aliphatic carbocycles. The molecule has 0 unspecified atom stereocenters. The molecule has 1 heterocycles. The van der Waals surface area contributed by atoms with Gasteiger partial charge in [-0.05, 0) is 43.4 Å². The molecule has 174 valence electrons. The van der Waals surface area contributed by atoms with Crippen LogP contribution in [0.15, 0.2) is 23.1 Å². The monoisotopic (exact) mass is 516 g/mol. The van der Waals surface area contributed by atoms with Crippen molar-refractivity contribution in [2.75, 3.05) is 13.1 Å². The number of carbonyl (C=O) groups is 3. The van der Waals surface area contributed by atoms with Crippen LogP contribution in [0.25, 0.3) is 6.08 Å². The number of unbranched alkanes of at least 4 members (excludes halogenated alkanes) is 4. The minimum absolute atomic E-state index is 0.00446. The molecule has 1 aliphatic rings. The van der Waals surface area contributed by atoms with Crippen molar-refractivity contribution < 1.29 is 19.5 Å². The zero-order valence-electron chi connectivity index (χ0n) is 17.6. The first-order valence-corrected chi connectivity index (χ1v) is 12.5. The predicted molar refractivity (Wildman–Crippen MR) is 134 cm³/mol. The van der Waals surface area contributed by atoms with Crippen molar-refractivity contribution in [2.24, 2.45) is 0 Å². The largest absolute Gasteiger partial charge is 0.481 e. The van der Waals surface area contributed by atoms with E-state index in [9.17, 15) is 14.4 Å². The third-order valence-corrected chi connectivity index (χ3v) is 7.03. The summed E-state index contributed by atoms with van der Waals surface area (Å²) < 4.78 is 0.514. The molecular formula is C22H26Cl2N2O4S2. The lowest BCUT2D eigenvalue weighted by atomic mass is 10.1. The Morgan fingerprint density at radius 1 is 1.09 bits per heavy atom. The topological polar surface area (TPSA) is 86.7 Å². The van der Waals surface area contributed by atoms with Crippen LogP contribution in [-0.2, 0) is 14.4 Å². The fourth-order valence-corrected chi connectivity index (χ4v) is 4.75. The number of nitrogens with one attached hydrogen (secondary N) is 1. The van der Waals surface area contributed by atoms with Gasteiger partial charge in [-0.3, -0.25) is 19.3 Å². The predicted octanol–water partition coefficient (Wildman–Crippen LogP) is 5.52. The summed E-state index contributed by atoms with van der Waals surface area (Å²) in [5, 5.41) is 12.3. The fourth-order valence-electron chi connectivity index (χ4n) is 3.09. The summed E-state index contributed by atoms with van der Waals surface area (Å²) >= 11 is 18.8. The van der Waals surface area contributed by atoms with Gasteiger partial charge < -0.3 is 10.4 Å². The third-order valence-electron chi connectivity index (χ3n) is 4.82. The van der Waals surface area contributed by atoms with Gasteiger partial charge in [0.2, 0.25) is 5.91 Å². The fraction of sp³-hybridized carbons (Fsp3) is 0.455. The molecule has 1 saturated heterocycles. The number of halogens is 2. The molecule has 2 rings (SSSR count). The zero-order valence-corrected chi connectivity index (χ0v) is 20.7. The quantitative estimate of drug-likeness (QED) is 0.204. The van der Waals surface area contributed by atoms with Crippen LogP contribution in [0.2, 0.25) is 10.0 Å². The Bertz CT molecular complexity index is 893. The normalized spacial score (nSPS) is 14.9. The Labute approximate surface area is 207 Å². The minimum Gasteiger partial charge on any atom is -0.481 e. The second kappa shape index (κ2) is 13.8. The Kier molecular flexibility index (Phi) is 11.5. The van der Waals surface area contributed by atoms with Gasteiger partial charge in [0.15, 0.2) is 0 Å². The standard InChI is InChI=1S/C22H26Cl2N2O4S2/c23-16-9-7-8-15(20(16)24)14-17-21(30)26(22(31)32-17)13-6-2-3-10-18(27)25-12-5-1-4-11-19(28)29/h7-9,14H,1-6,10-13H2,(H,25,27)(H,28,29)/b17-14-. The number of amides is 2. The number of benzene rings is 1. The van der Waals surface area contributed by atoms with Crippen molar-refractivity contribution in [1.82, 2.24) is 10.2 Å². The molecule has 2 N–H and O–H groups in total. The van der Waals surface area contributed by atoms with Crippen molar-refractivity contribution in [3.8, 4) is 0 Å². The Morgan fingerprint density at radius 3 is 2.56 bits per heavy atom. The van der Waals surface area contributed by atoms with Gasteiger partial charge in [0, 0.05) is 25.9 Å². The highest BCUT2D eigenvalue weighted by molar-refractivity contribution is 8.26. The number of hydrogen-bond donors (Lipinski definition) is 2. The van der Waals surface area contributed by atoms with Gasteiger partial charge in [0.1, 0.15) is 4.32 Å². The molecular weight excluding hydrogens is 491 g/mol. The zero-order chi connectivity index (χ0) is 23.5. The third kappa shape index (κ3) is 8.73.